The molecule has 1 aromatic rings. The molecule has 6 bridgehead atoms. The van der Waals surface area contributed by atoms with Crippen molar-refractivity contribution >= 4 is 11.9 Å². The number of nitrogens with zero attached hydrogens (tertiary/aromatic N) is 1. The van der Waals surface area contributed by atoms with Crippen molar-refractivity contribution in [3.8, 4) is 0 Å². The van der Waals surface area contributed by atoms with Crippen LogP contribution in [-0.2, 0) is 4.74 Å². The summed E-state index contributed by atoms with van der Waals surface area (Å²) in [6, 6.07) is 7.51. The fourth-order valence-corrected chi connectivity index (χ4v) is 10.8. The van der Waals surface area contributed by atoms with Crippen LogP contribution in [0.25, 0.3) is 0 Å². The molecule has 5 aliphatic rings. The van der Waals surface area contributed by atoms with E-state index in [9.17, 15) is 0 Å². The zero-order valence-electron chi connectivity index (χ0n) is 28.5. The Morgan fingerprint density at radius 1 is 0.907 bits per heavy atom. The molecule has 43 heavy (non-hydrogen) atoms. The van der Waals surface area contributed by atoms with Gasteiger partial charge in [0, 0.05) is 36.8 Å². The highest BCUT2D eigenvalue weighted by atomic mass is 32.2. The third kappa shape index (κ3) is 7.52. The van der Waals surface area contributed by atoms with Gasteiger partial charge in [-0.15, -0.1) is 0 Å². The molecule has 6 heteroatoms. The maximum Gasteiger partial charge on any atom is 0.123 e. The lowest BCUT2D eigenvalue weighted by Crippen LogP contribution is -2.65. The van der Waals surface area contributed by atoms with E-state index in [2.05, 4.69) is 93.8 Å². The highest BCUT2D eigenvalue weighted by Gasteiger charge is 2.50. The maximum atomic E-state index is 7.56. The van der Waals surface area contributed by atoms with Gasteiger partial charge >= 0.3 is 0 Å². The van der Waals surface area contributed by atoms with Crippen molar-refractivity contribution in [2.24, 2.45) is 34.5 Å². The van der Waals surface area contributed by atoms with Crippen LogP contribution in [0, 0.1) is 48.3 Å². The first-order chi connectivity index (χ1) is 20.3. The van der Waals surface area contributed by atoms with Crippen LogP contribution < -0.4 is 15.4 Å². The topological polar surface area (TPSA) is 48.6 Å². The van der Waals surface area contributed by atoms with E-state index in [1.807, 2.05) is 11.9 Å². The molecule has 0 radical (unpaired) electrons. The van der Waals surface area contributed by atoms with Crippen LogP contribution in [0.1, 0.15) is 122 Å². The summed E-state index contributed by atoms with van der Waals surface area (Å²) in [5, 5.41) is 8.59. The average molecular weight is 611 g/mol. The second-order valence-corrected chi connectivity index (χ2v) is 18.6. The van der Waals surface area contributed by atoms with E-state index in [0.29, 0.717) is 22.6 Å². The Kier molecular flexibility index (Phi) is 9.67. The molecule has 6 rings (SSSR count). The number of nitrogens with one attached hydrogen (secondary N) is 3. The summed E-state index contributed by atoms with van der Waals surface area (Å²) in [4.78, 5) is 2.98. The first kappa shape index (κ1) is 32.3. The third-order valence-corrected chi connectivity index (χ3v) is 12.9. The van der Waals surface area contributed by atoms with Crippen LogP contribution in [-0.4, -0.2) is 47.9 Å². The van der Waals surface area contributed by atoms with Crippen molar-refractivity contribution in [1.82, 2.24) is 20.3 Å². The molecule has 2 aliphatic carbocycles. The Morgan fingerprint density at radius 2 is 1.67 bits per heavy atom. The number of rotatable bonds is 2. The lowest BCUT2D eigenvalue weighted by atomic mass is 9.61. The first-order valence-electron chi connectivity index (χ1n) is 17.7. The zero-order chi connectivity index (χ0) is 30.5. The SMILES string of the molecule is Cc1cccc(C)c1C1CC2NC(NSC3CCCC(C3)CN3CC4CC(C(C)(C)C)CCC4[C@H](O2)[C@H]3CC(C)(C)C)N1. The molecule has 9 unspecified atom stereocenters. The van der Waals surface area contributed by atoms with Crippen LogP contribution >= 0.6 is 11.9 Å². The highest BCUT2D eigenvalue weighted by molar-refractivity contribution is 7.98. The molecule has 5 nitrogen and oxygen atoms in total. The molecule has 0 aromatic heterocycles. The average Bonchev–Trinajstić information content (AvgIpc) is 2.92. The summed E-state index contributed by atoms with van der Waals surface area (Å²) >= 11 is 1.98. The summed E-state index contributed by atoms with van der Waals surface area (Å²) in [6.07, 6.45) is 11.9. The molecular weight excluding hydrogens is 549 g/mol. The lowest BCUT2D eigenvalue weighted by molar-refractivity contribution is -0.169. The fraction of sp³-hybridized carbons (Fsp3) is 0.838. The van der Waals surface area contributed by atoms with Crippen LogP contribution in [0.4, 0.5) is 0 Å². The maximum absolute atomic E-state index is 7.56. The Balaban J connectivity index is 1.37. The van der Waals surface area contributed by atoms with Crippen LogP contribution in [0.15, 0.2) is 18.2 Å². The molecule has 1 aromatic carbocycles. The molecule has 242 valence electrons. The van der Waals surface area contributed by atoms with E-state index < -0.39 is 0 Å². The van der Waals surface area contributed by atoms with E-state index >= 15 is 0 Å². The smallest absolute Gasteiger partial charge is 0.123 e. The number of ether oxygens (including phenoxy) is 1. The Labute approximate surface area is 267 Å². The van der Waals surface area contributed by atoms with Crippen molar-refractivity contribution in [2.45, 2.75) is 149 Å². The summed E-state index contributed by atoms with van der Waals surface area (Å²) in [7, 11) is 0. The Hall–Kier alpha value is -0.630. The molecule has 3 heterocycles. The van der Waals surface area contributed by atoms with Gasteiger partial charge in [-0.3, -0.25) is 15.5 Å². The minimum absolute atomic E-state index is 0.0249. The van der Waals surface area contributed by atoms with Gasteiger partial charge in [0.15, 0.2) is 0 Å². The molecule has 3 aliphatic heterocycles. The van der Waals surface area contributed by atoms with Gasteiger partial charge in [0.05, 0.1) is 6.10 Å². The third-order valence-electron chi connectivity index (χ3n) is 11.8. The normalized spacial score (nSPS) is 40.9. The van der Waals surface area contributed by atoms with Crippen molar-refractivity contribution < 1.29 is 4.74 Å². The summed E-state index contributed by atoms with van der Waals surface area (Å²) in [5.41, 5.74) is 4.87. The molecule has 0 amide bonds. The number of fused-ring (bicyclic) bond motifs is 8. The van der Waals surface area contributed by atoms with E-state index in [1.165, 1.54) is 81.1 Å². The molecular formula is C37H62N4OS. The first-order valence-corrected chi connectivity index (χ1v) is 18.6. The van der Waals surface area contributed by atoms with Crippen molar-refractivity contribution in [1.29, 1.82) is 0 Å². The number of hydrogen-bond acceptors (Lipinski definition) is 6. The molecule has 5 fully saturated rings. The molecule has 2 saturated carbocycles. The van der Waals surface area contributed by atoms with Crippen molar-refractivity contribution in [3.63, 3.8) is 0 Å². The van der Waals surface area contributed by atoms with E-state index in [0.717, 1.165) is 24.2 Å². The van der Waals surface area contributed by atoms with Crippen LogP contribution in [0.5, 0.6) is 0 Å². The van der Waals surface area contributed by atoms with Crippen LogP contribution in [0.3, 0.4) is 0 Å². The number of hydrogen-bond donors (Lipinski definition) is 3. The van der Waals surface area contributed by atoms with Gasteiger partial charge in [0.1, 0.15) is 12.5 Å². The van der Waals surface area contributed by atoms with E-state index in [4.69, 9.17) is 4.74 Å². The minimum atomic E-state index is 0.0249. The lowest BCUT2D eigenvalue weighted by Gasteiger charge is -2.56. The number of piperidine rings is 1. The van der Waals surface area contributed by atoms with Crippen molar-refractivity contribution in [2.75, 3.05) is 13.1 Å². The van der Waals surface area contributed by atoms with Gasteiger partial charge in [0.25, 0.3) is 0 Å². The molecule has 0 spiro atoms. The number of benzene rings is 1. The number of aryl methyl sites for hydroxylation is 2. The predicted molar refractivity (Wildman–Crippen MR) is 182 cm³/mol. The predicted octanol–water partition coefficient (Wildman–Crippen LogP) is 7.93. The van der Waals surface area contributed by atoms with Gasteiger partial charge in [-0.1, -0.05) is 78.1 Å². The van der Waals surface area contributed by atoms with Crippen molar-refractivity contribution in [3.05, 3.63) is 34.9 Å². The Morgan fingerprint density at radius 3 is 2.40 bits per heavy atom. The summed E-state index contributed by atoms with van der Waals surface area (Å²) in [6.45, 7) is 21.9. The molecule has 3 N–H and O–H groups in total. The quantitative estimate of drug-likeness (QED) is 0.296. The van der Waals surface area contributed by atoms with Crippen LogP contribution in [0.2, 0.25) is 0 Å². The largest absolute Gasteiger partial charge is 0.358 e. The monoisotopic (exact) mass is 610 g/mol. The van der Waals surface area contributed by atoms with E-state index in [1.54, 1.807) is 0 Å². The summed E-state index contributed by atoms with van der Waals surface area (Å²) in [5.74, 6) is 3.00. The molecule has 3 saturated heterocycles. The summed E-state index contributed by atoms with van der Waals surface area (Å²) < 4.78 is 11.4. The minimum Gasteiger partial charge on any atom is -0.358 e. The van der Waals surface area contributed by atoms with E-state index in [-0.39, 0.29) is 30.1 Å². The fourth-order valence-electron chi connectivity index (χ4n) is 9.65. The Bertz CT molecular complexity index is 1080. The standard InChI is InChI=1S/C37H62N4OS/c1-23-11-9-12-24(2)33(23)30-19-32-39-35(38-30)40-43-28-14-10-13-25(17-28)21-41-22-26-18-27(37(6,7)8)15-16-29(26)34(42-32)31(41)20-36(3,4)5/h9,11-12,25-32,34-35,38-40H,10,13-22H2,1-8H3/t25?,26?,27?,28?,29?,30?,31-,32?,34+,35?/m1/s1. The second kappa shape index (κ2) is 12.9. The van der Waals surface area contributed by atoms with Gasteiger partial charge in [-0.2, -0.15) is 0 Å². The van der Waals surface area contributed by atoms with Gasteiger partial charge in [0.2, 0.25) is 0 Å². The van der Waals surface area contributed by atoms with Gasteiger partial charge in [-0.05, 0) is 110 Å². The highest BCUT2D eigenvalue weighted by Crippen LogP contribution is 2.50. The zero-order valence-corrected chi connectivity index (χ0v) is 29.4. The van der Waals surface area contributed by atoms with Gasteiger partial charge in [-0.25, -0.2) is 4.72 Å². The second-order valence-electron chi connectivity index (χ2n) is 17.4. The molecule has 11 atom stereocenters. The van der Waals surface area contributed by atoms with Gasteiger partial charge < -0.3 is 4.74 Å².